The molecular formula is C12H22N4O4. The van der Waals surface area contributed by atoms with Crippen LogP contribution in [0.25, 0.3) is 0 Å². The van der Waals surface area contributed by atoms with Gasteiger partial charge in [-0.15, -0.1) is 0 Å². The highest BCUT2D eigenvalue weighted by Gasteiger charge is 2.25. The number of carbonyl (C=O) groups is 3. The number of nitrogens with one attached hydrogen (secondary N) is 1. The van der Waals surface area contributed by atoms with Crippen LogP contribution in [0.1, 0.15) is 19.8 Å². The number of piperazine rings is 1. The van der Waals surface area contributed by atoms with E-state index in [2.05, 4.69) is 17.1 Å². The predicted octanol–water partition coefficient (Wildman–Crippen LogP) is -0.948. The van der Waals surface area contributed by atoms with Gasteiger partial charge < -0.3 is 26.0 Å². The lowest BCUT2D eigenvalue weighted by Gasteiger charge is -2.34. The minimum atomic E-state index is -1.16. The number of carbonyl (C=O) groups excluding carboxylic acids is 2. The molecule has 20 heavy (non-hydrogen) atoms. The largest absolute Gasteiger partial charge is 0.480 e. The fourth-order valence-electron chi connectivity index (χ4n) is 2.05. The lowest BCUT2D eigenvalue weighted by Crippen LogP contribution is -2.54. The minimum absolute atomic E-state index is 0.00529. The highest BCUT2D eigenvalue weighted by molar-refractivity contribution is 5.83. The third-order valence-electron chi connectivity index (χ3n) is 3.38. The van der Waals surface area contributed by atoms with Gasteiger partial charge in [-0.1, -0.05) is 6.92 Å². The van der Waals surface area contributed by atoms with E-state index >= 15 is 0 Å². The average molecular weight is 286 g/mol. The maximum atomic E-state index is 12.0. The Hall–Kier alpha value is -1.83. The fourth-order valence-corrected chi connectivity index (χ4v) is 2.05. The van der Waals surface area contributed by atoms with Crippen LogP contribution < -0.4 is 11.1 Å². The molecular weight excluding hydrogens is 264 g/mol. The Morgan fingerprint density at radius 1 is 1.25 bits per heavy atom. The Morgan fingerprint density at radius 3 is 2.30 bits per heavy atom. The Morgan fingerprint density at radius 2 is 1.85 bits per heavy atom. The van der Waals surface area contributed by atoms with Crippen molar-refractivity contribution in [3.8, 4) is 0 Å². The Kier molecular flexibility index (Phi) is 6.23. The molecule has 8 nitrogen and oxygen atoms in total. The number of nitrogens with zero attached hydrogens (tertiary/aromatic N) is 2. The van der Waals surface area contributed by atoms with Crippen molar-refractivity contribution in [3.63, 3.8) is 0 Å². The zero-order valence-electron chi connectivity index (χ0n) is 11.7. The van der Waals surface area contributed by atoms with Crippen molar-refractivity contribution in [1.29, 1.82) is 0 Å². The van der Waals surface area contributed by atoms with Crippen molar-refractivity contribution in [3.05, 3.63) is 0 Å². The first-order valence-corrected chi connectivity index (χ1v) is 6.73. The number of hydrogen-bond donors (Lipinski definition) is 3. The van der Waals surface area contributed by atoms with Gasteiger partial charge in [0.05, 0.1) is 0 Å². The maximum absolute atomic E-state index is 12.0. The summed E-state index contributed by atoms with van der Waals surface area (Å²) in [5, 5.41) is 11.5. The summed E-state index contributed by atoms with van der Waals surface area (Å²) < 4.78 is 0. The van der Waals surface area contributed by atoms with Gasteiger partial charge in [0.2, 0.25) is 5.91 Å². The van der Waals surface area contributed by atoms with E-state index < -0.39 is 23.9 Å². The van der Waals surface area contributed by atoms with Crippen molar-refractivity contribution >= 4 is 17.9 Å². The van der Waals surface area contributed by atoms with Crippen molar-refractivity contribution in [1.82, 2.24) is 15.1 Å². The van der Waals surface area contributed by atoms with Gasteiger partial charge in [-0.05, 0) is 13.0 Å². The van der Waals surface area contributed by atoms with Gasteiger partial charge in [0, 0.05) is 32.6 Å². The molecule has 1 aliphatic heterocycles. The second-order valence-electron chi connectivity index (χ2n) is 4.77. The molecule has 1 fully saturated rings. The number of amides is 3. The van der Waals surface area contributed by atoms with Gasteiger partial charge in [0.1, 0.15) is 6.04 Å². The summed E-state index contributed by atoms with van der Waals surface area (Å²) in [4.78, 5) is 37.5. The lowest BCUT2D eigenvalue weighted by molar-refractivity contribution is -0.139. The average Bonchev–Trinajstić information content (AvgIpc) is 2.42. The first kappa shape index (κ1) is 16.2. The molecule has 0 unspecified atom stereocenters. The molecule has 0 aromatic carbocycles. The zero-order valence-corrected chi connectivity index (χ0v) is 11.7. The van der Waals surface area contributed by atoms with Crippen LogP contribution in [0.4, 0.5) is 4.79 Å². The molecule has 1 aliphatic rings. The molecule has 0 aliphatic carbocycles. The summed E-state index contributed by atoms with van der Waals surface area (Å²) >= 11 is 0. The maximum Gasteiger partial charge on any atom is 0.326 e. The standard InChI is InChI=1S/C12H22N4O4/c1-2-15-5-7-16(8-6-15)12(20)14-9(11(18)19)3-4-10(13)17/h9H,2-8H2,1H3,(H2,13,17)(H,14,20)(H,18,19)/t9-/m0/s1. The van der Waals surface area contributed by atoms with Gasteiger partial charge in [0.25, 0.3) is 0 Å². The van der Waals surface area contributed by atoms with Gasteiger partial charge in [-0.3, -0.25) is 4.79 Å². The molecule has 114 valence electrons. The van der Waals surface area contributed by atoms with Crippen LogP contribution in [-0.2, 0) is 9.59 Å². The molecule has 0 saturated carbocycles. The van der Waals surface area contributed by atoms with E-state index in [1.807, 2.05) is 0 Å². The summed E-state index contributed by atoms with van der Waals surface area (Å²) in [6.45, 7) is 5.70. The molecule has 3 amide bonds. The van der Waals surface area contributed by atoms with E-state index in [0.717, 1.165) is 19.6 Å². The monoisotopic (exact) mass is 286 g/mol. The van der Waals surface area contributed by atoms with E-state index in [4.69, 9.17) is 10.8 Å². The predicted molar refractivity (Wildman–Crippen MR) is 72.1 cm³/mol. The van der Waals surface area contributed by atoms with E-state index in [1.54, 1.807) is 4.90 Å². The van der Waals surface area contributed by atoms with Crippen LogP contribution in [-0.4, -0.2) is 71.6 Å². The number of carboxylic acid groups (broad SMARTS) is 1. The smallest absolute Gasteiger partial charge is 0.326 e. The van der Waals surface area contributed by atoms with E-state index in [0.29, 0.717) is 13.1 Å². The normalized spacial score (nSPS) is 17.6. The summed E-state index contributed by atoms with van der Waals surface area (Å²) in [5.74, 6) is -1.74. The molecule has 8 heteroatoms. The van der Waals surface area contributed by atoms with Crippen LogP contribution in [0.5, 0.6) is 0 Å². The van der Waals surface area contributed by atoms with E-state index in [9.17, 15) is 14.4 Å². The molecule has 0 radical (unpaired) electrons. The number of urea groups is 1. The van der Waals surface area contributed by atoms with Crippen LogP contribution in [0.15, 0.2) is 0 Å². The first-order valence-electron chi connectivity index (χ1n) is 6.73. The van der Waals surface area contributed by atoms with Crippen molar-refractivity contribution < 1.29 is 19.5 Å². The summed E-state index contributed by atoms with van der Waals surface area (Å²) in [6, 6.07) is -1.49. The molecule has 0 aromatic heterocycles. The third-order valence-corrected chi connectivity index (χ3v) is 3.38. The van der Waals surface area contributed by atoms with Crippen LogP contribution in [0, 0.1) is 0 Å². The topological polar surface area (TPSA) is 116 Å². The summed E-state index contributed by atoms with van der Waals surface area (Å²) in [7, 11) is 0. The SMILES string of the molecule is CCN1CCN(C(=O)N[C@@H](CCC(N)=O)C(=O)O)CC1. The molecule has 4 N–H and O–H groups in total. The molecule has 1 saturated heterocycles. The molecule has 0 aromatic rings. The molecule has 0 bridgehead atoms. The van der Waals surface area contributed by atoms with Gasteiger partial charge in [-0.2, -0.15) is 0 Å². The van der Waals surface area contributed by atoms with Crippen LogP contribution >= 0.6 is 0 Å². The number of aliphatic carboxylic acids is 1. The first-order chi connectivity index (χ1) is 9.43. The lowest BCUT2D eigenvalue weighted by atomic mass is 10.1. The van der Waals surface area contributed by atoms with E-state index in [1.165, 1.54) is 0 Å². The Balaban J connectivity index is 2.45. The van der Waals surface area contributed by atoms with Crippen LogP contribution in [0.3, 0.4) is 0 Å². The van der Waals surface area contributed by atoms with Crippen molar-refractivity contribution in [2.24, 2.45) is 5.73 Å². The van der Waals surface area contributed by atoms with Crippen LogP contribution in [0.2, 0.25) is 0 Å². The number of primary amides is 1. The minimum Gasteiger partial charge on any atom is -0.480 e. The summed E-state index contributed by atoms with van der Waals surface area (Å²) in [6.07, 6.45) is -0.0633. The number of likely N-dealkylation sites (N-methyl/N-ethyl adjacent to an activating group) is 1. The summed E-state index contributed by atoms with van der Waals surface area (Å²) in [5.41, 5.74) is 4.98. The highest BCUT2D eigenvalue weighted by Crippen LogP contribution is 2.04. The zero-order chi connectivity index (χ0) is 15.1. The van der Waals surface area contributed by atoms with E-state index in [-0.39, 0.29) is 12.8 Å². The van der Waals surface area contributed by atoms with Gasteiger partial charge >= 0.3 is 12.0 Å². The second-order valence-corrected chi connectivity index (χ2v) is 4.77. The molecule has 1 rings (SSSR count). The second kappa shape index (κ2) is 7.68. The fraction of sp³-hybridized carbons (Fsp3) is 0.750. The number of carboxylic acids is 1. The Labute approximate surface area is 117 Å². The molecule has 1 heterocycles. The van der Waals surface area contributed by atoms with Gasteiger partial charge in [-0.25, -0.2) is 9.59 Å². The van der Waals surface area contributed by atoms with Gasteiger partial charge in [0.15, 0.2) is 0 Å². The third kappa shape index (κ3) is 5.04. The number of nitrogens with two attached hydrogens (primary N) is 1. The quantitative estimate of drug-likeness (QED) is 0.582. The highest BCUT2D eigenvalue weighted by atomic mass is 16.4. The Bertz CT molecular complexity index is 366. The number of rotatable bonds is 6. The van der Waals surface area contributed by atoms with Crippen molar-refractivity contribution in [2.45, 2.75) is 25.8 Å². The van der Waals surface area contributed by atoms with Crippen molar-refractivity contribution in [2.75, 3.05) is 32.7 Å². The number of hydrogen-bond acceptors (Lipinski definition) is 4. The molecule has 0 spiro atoms. The molecule has 1 atom stereocenters.